The number of fused-ring (bicyclic) bond motifs is 1. The van der Waals surface area contributed by atoms with Crippen LogP contribution in [0.1, 0.15) is 26.8 Å². The number of hydrogen-bond donors (Lipinski definition) is 2. The van der Waals surface area contributed by atoms with Gasteiger partial charge in [-0.15, -0.1) is 0 Å². The molecule has 0 saturated carbocycles. The second kappa shape index (κ2) is 4.51. The highest BCUT2D eigenvalue weighted by Gasteiger charge is 2.37. The molecule has 1 aliphatic carbocycles. The summed E-state index contributed by atoms with van der Waals surface area (Å²) in [5.41, 5.74) is 2.40. The van der Waals surface area contributed by atoms with Crippen molar-refractivity contribution in [3.63, 3.8) is 0 Å². The quantitative estimate of drug-likeness (QED) is 0.788. The smallest absolute Gasteiger partial charge is 0.211 e. The lowest BCUT2D eigenvalue weighted by Crippen LogP contribution is -2.39. The average Bonchev–Trinajstić information content (AvgIpc) is 2.80. The molecule has 2 N–H and O–H groups in total. The van der Waals surface area contributed by atoms with Gasteiger partial charge in [0.2, 0.25) is 5.79 Å². The number of allylic oxidation sites excluding steroid dienone is 2. The van der Waals surface area contributed by atoms with Crippen molar-refractivity contribution in [2.24, 2.45) is 5.41 Å². The van der Waals surface area contributed by atoms with Gasteiger partial charge in [-0.3, -0.25) is 0 Å². The summed E-state index contributed by atoms with van der Waals surface area (Å²) in [5.74, 6) is -2.00. The molecule has 0 spiro atoms. The Morgan fingerprint density at radius 2 is 1.67 bits per heavy atom. The van der Waals surface area contributed by atoms with Crippen molar-refractivity contribution >= 4 is 11.0 Å². The fourth-order valence-electron chi connectivity index (χ4n) is 2.40. The van der Waals surface area contributed by atoms with Gasteiger partial charge >= 0.3 is 0 Å². The molecule has 1 unspecified atom stereocenters. The molecule has 1 aromatic heterocycles. The van der Waals surface area contributed by atoms with Crippen LogP contribution in [0.5, 0.6) is 0 Å². The standard InChI is InChI=1S/C16H19N3O2/c1-15(2,3)11-8-9-16(20,21)14(10-11)19-17-12-6-4-5-7-13(12)18-19/h4-10,14,20-21H,1-3H3. The van der Waals surface area contributed by atoms with E-state index >= 15 is 0 Å². The molecule has 2 aromatic rings. The molecule has 0 aliphatic heterocycles. The maximum Gasteiger partial charge on any atom is 0.211 e. The van der Waals surface area contributed by atoms with E-state index in [0.717, 1.165) is 16.6 Å². The monoisotopic (exact) mass is 285 g/mol. The van der Waals surface area contributed by atoms with Crippen LogP contribution in [0.25, 0.3) is 11.0 Å². The zero-order chi connectivity index (χ0) is 15.3. The summed E-state index contributed by atoms with van der Waals surface area (Å²) in [6.07, 6.45) is 4.96. The molecule has 0 radical (unpaired) electrons. The molecular weight excluding hydrogens is 266 g/mol. The second-order valence-electron chi connectivity index (χ2n) is 6.44. The van der Waals surface area contributed by atoms with Crippen molar-refractivity contribution in [1.82, 2.24) is 15.0 Å². The minimum absolute atomic E-state index is 0.0855. The molecule has 0 fully saturated rings. The van der Waals surface area contributed by atoms with Crippen molar-refractivity contribution in [2.75, 3.05) is 0 Å². The van der Waals surface area contributed by atoms with E-state index in [4.69, 9.17) is 0 Å². The van der Waals surface area contributed by atoms with Crippen molar-refractivity contribution in [3.8, 4) is 0 Å². The van der Waals surface area contributed by atoms with Crippen LogP contribution in [-0.4, -0.2) is 31.0 Å². The van der Waals surface area contributed by atoms with E-state index in [1.807, 2.05) is 30.3 Å². The Kier molecular flexibility index (Phi) is 3.00. The first-order chi connectivity index (χ1) is 9.77. The molecule has 1 heterocycles. The van der Waals surface area contributed by atoms with Crippen molar-refractivity contribution < 1.29 is 10.2 Å². The van der Waals surface area contributed by atoms with Gasteiger partial charge in [-0.25, -0.2) is 0 Å². The predicted octanol–water partition coefficient (Wildman–Crippen LogP) is 2.20. The summed E-state index contributed by atoms with van der Waals surface area (Å²) < 4.78 is 0. The Balaban J connectivity index is 2.09. The van der Waals surface area contributed by atoms with E-state index in [9.17, 15) is 10.2 Å². The lowest BCUT2D eigenvalue weighted by atomic mass is 9.81. The van der Waals surface area contributed by atoms with Crippen LogP contribution >= 0.6 is 0 Å². The zero-order valence-electron chi connectivity index (χ0n) is 12.4. The lowest BCUT2D eigenvalue weighted by molar-refractivity contribution is -0.147. The third kappa shape index (κ3) is 2.50. The molecule has 3 rings (SSSR count). The van der Waals surface area contributed by atoms with Crippen LogP contribution in [0.4, 0.5) is 0 Å². The molecule has 0 amide bonds. The number of hydrogen-bond acceptors (Lipinski definition) is 4. The van der Waals surface area contributed by atoms with Crippen LogP contribution in [0.2, 0.25) is 0 Å². The first kappa shape index (κ1) is 14.0. The summed E-state index contributed by atoms with van der Waals surface area (Å²) in [4.78, 5) is 1.37. The number of aliphatic hydroxyl groups is 2. The van der Waals surface area contributed by atoms with Gasteiger partial charge in [-0.05, 0) is 35.3 Å². The van der Waals surface area contributed by atoms with E-state index in [0.29, 0.717) is 0 Å². The van der Waals surface area contributed by atoms with Gasteiger partial charge in [-0.1, -0.05) is 39.0 Å². The van der Waals surface area contributed by atoms with Crippen LogP contribution in [0.3, 0.4) is 0 Å². The highest BCUT2D eigenvalue weighted by molar-refractivity contribution is 5.73. The summed E-state index contributed by atoms with van der Waals surface area (Å²) in [6.45, 7) is 6.24. The fraction of sp³-hybridized carbons (Fsp3) is 0.375. The highest BCUT2D eigenvalue weighted by atomic mass is 16.5. The van der Waals surface area contributed by atoms with E-state index in [1.54, 1.807) is 6.08 Å². The largest absolute Gasteiger partial charge is 0.360 e. The summed E-state index contributed by atoms with van der Waals surface area (Å²) >= 11 is 0. The Bertz CT molecular complexity index is 702. The van der Waals surface area contributed by atoms with Gasteiger partial charge < -0.3 is 10.2 Å². The molecule has 0 saturated heterocycles. The molecule has 5 heteroatoms. The first-order valence-corrected chi connectivity index (χ1v) is 6.95. The molecule has 0 bridgehead atoms. The van der Waals surface area contributed by atoms with Gasteiger partial charge in [0, 0.05) is 0 Å². The molecule has 21 heavy (non-hydrogen) atoms. The third-order valence-electron chi connectivity index (χ3n) is 3.70. The number of aromatic nitrogens is 3. The van der Waals surface area contributed by atoms with E-state index in [2.05, 4.69) is 31.0 Å². The molecule has 1 aliphatic rings. The molecular formula is C16H19N3O2. The zero-order valence-corrected chi connectivity index (χ0v) is 12.4. The van der Waals surface area contributed by atoms with Crippen LogP contribution in [-0.2, 0) is 0 Å². The van der Waals surface area contributed by atoms with Crippen LogP contribution in [0, 0.1) is 5.41 Å². The predicted molar refractivity (Wildman–Crippen MR) is 80.4 cm³/mol. The van der Waals surface area contributed by atoms with Crippen molar-refractivity contribution in [2.45, 2.75) is 32.6 Å². The Hall–Kier alpha value is -1.98. The van der Waals surface area contributed by atoms with Crippen molar-refractivity contribution in [1.29, 1.82) is 0 Å². The maximum atomic E-state index is 10.2. The topological polar surface area (TPSA) is 71.2 Å². The Morgan fingerprint density at radius 1 is 1.10 bits per heavy atom. The Morgan fingerprint density at radius 3 is 2.19 bits per heavy atom. The van der Waals surface area contributed by atoms with E-state index < -0.39 is 11.8 Å². The second-order valence-corrected chi connectivity index (χ2v) is 6.44. The normalized spacial score (nSPS) is 21.6. The van der Waals surface area contributed by atoms with E-state index in [1.165, 1.54) is 10.9 Å². The molecule has 1 aromatic carbocycles. The van der Waals surface area contributed by atoms with E-state index in [-0.39, 0.29) is 5.41 Å². The highest BCUT2D eigenvalue weighted by Crippen LogP contribution is 2.36. The minimum Gasteiger partial charge on any atom is -0.360 e. The SMILES string of the molecule is CC(C)(C)C1=CC(n2nc3ccccc3n2)C(O)(O)C=C1. The summed E-state index contributed by atoms with van der Waals surface area (Å²) in [6, 6.07) is 6.71. The van der Waals surface area contributed by atoms with Crippen molar-refractivity contribution in [3.05, 3.63) is 48.1 Å². The van der Waals surface area contributed by atoms with Gasteiger partial charge in [0.25, 0.3) is 0 Å². The lowest BCUT2D eigenvalue weighted by Gasteiger charge is -2.32. The van der Waals surface area contributed by atoms with Crippen LogP contribution < -0.4 is 0 Å². The molecule has 5 nitrogen and oxygen atoms in total. The fourth-order valence-corrected chi connectivity index (χ4v) is 2.40. The molecule has 110 valence electrons. The molecule has 1 atom stereocenters. The Labute approximate surface area is 123 Å². The summed E-state index contributed by atoms with van der Waals surface area (Å²) in [7, 11) is 0. The average molecular weight is 285 g/mol. The van der Waals surface area contributed by atoms with Gasteiger partial charge in [0.05, 0.1) is 0 Å². The van der Waals surface area contributed by atoms with Crippen LogP contribution in [0.15, 0.2) is 48.1 Å². The van der Waals surface area contributed by atoms with Gasteiger partial charge in [0.1, 0.15) is 17.1 Å². The van der Waals surface area contributed by atoms with Gasteiger partial charge in [-0.2, -0.15) is 15.0 Å². The first-order valence-electron chi connectivity index (χ1n) is 6.95. The third-order valence-corrected chi connectivity index (χ3v) is 3.70. The number of nitrogens with zero attached hydrogens (tertiary/aromatic N) is 3. The summed E-state index contributed by atoms with van der Waals surface area (Å²) in [5, 5.41) is 29.2. The number of benzene rings is 1. The minimum atomic E-state index is -2.00. The maximum absolute atomic E-state index is 10.2. The number of rotatable bonds is 1. The van der Waals surface area contributed by atoms with Gasteiger partial charge in [0.15, 0.2) is 0 Å².